The Balaban J connectivity index is 0.000000770. The van der Waals surface area contributed by atoms with Crippen LogP contribution in [0, 0.1) is 6.92 Å². The van der Waals surface area contributed by atoms with E-state index in [1.807, 2.05) is 0 Å². The highest BCUT2D eigenvalue weighted by Gasteiger charge is 2.18. The van der Waals surface area contributed by atoms with E-state index in [9.17, 15) is 0 Å². The van der Waals surface area contributed by atoms with Crippen LogP contribution in [0.1, 0.15) is 77.5 Å². The molecule has 0 aliphatic rings. The van der Waals surface area contributed by atoms with Crippen LogP contribution in [0.2, 0.25) is 0 Å². The first-order chi connectivity index (χ1) is 7.75. The molecule has 0 N–H and O–H groups in total. The normalized spacial score (nSPS) is 11.1. The minimum absolute atomic E-state index is 0.259. The SMILES string of the molecule is CCC.Cc1c(C(C)C)cccc1C(C)(C)C. The van der Waals surface area contributed by atoms with Gasteiger partial charge in [-0.1, -0.05) is 73.1 Å². The molecular weight excluding hydrogens is 204 g/mol. The summed E-state index contributed by atoms with van der Waals surface area (Å²) in [5.74, 6) is 0.622. The summed E-state index contributed by atoms with van der Waals surface area (Å²) in [5, 5.41) is 0. The van der Waals surface area contributed by atoms with Crippen LogP contribution in [0.25, 0.3) is 0 Å². The lowest BCUT2D eigenvalue weighted by Gasteiger charge is -2.24. The van der Waals surface area contributed by atoms with Gasteiger partial charge in [-0.15, -0.1) is 0 Å². The first-order valence-corrected chi connectivity index (χ1v) is 6.85. The van der Waals surface area contributed by atoms with Crippen molar-refractivity contribution in [2.75, 3.05) is 0 Å². The van der Waals surface area contributed by atoms with Gasteiger partial charge in [0.25, 0.3) is 0 Å². The van der Waals surface area contributed by atoms with Crippen molar-refractivity contribution in [3.8, 4) is 0 Å². The molecule has 1 aromatic rings. The van der Waals surface area contributed by atoms with E-state index in [1.165, 1.54) is 23.1 Å². The molecule has 0 aliphatic heterocycles. The minimum Gasteiger partial charge on any atom is -0.0656 e. The van der Waals surface area contributed by atoms with Crippen LogP contribution in [0.15, 0.2) is 18.2 Å². The number of hydrogen-bond donors (Lipinski definition) is 0. The van der Waals surface area contributed by atoms with E-state index in [0.29, 0.717) is 5.92 Å². The summed E-state index contributed by atoms with van der Waals surface area (Å²) in [5.41, 5.74) is 4.69. The quantitative estimate of drug-likeness (QED) is 0.573. The third-order valence-corrected chi connectivity index (χ3v) is 2.81. The number of benzene rings is 1. The zero-order chi connectivity index (χ0) is 13.6. The van der Waals surface area contributed by atoms with Gasteiger partial charge in [-0.05, 0) is 34.9 Å². The maximum absolute atomic E-state index is 2.28. The molecule has 0 radical (unpaired) electrons. The smallest absolute Gasteiger partial charge is 0.0129 e. The molecule has 0 atom stereocenters. The van der Waals surface area contributed by atoms with Crippen molar-refractivity contribution in [2.45, 2.75) is 73.1 Å². The third kappa shape index (κ3) is 4.93. The van der Waals surface area contributed by atoms with Crippen molar-refractivity contribution in [3.05, 3.63) is 34.9 Å². The second-order valence-corrected chi connectivity index (χ2v) is 6.13. The molecule has 1 aromatic carbocycles. The van der Waals surface area contributed by atoms with Crippen LogP contribution in [0.4, 0.5) is 0 Å². The number of rotatable bonds is 1. The molecule has 98 valence electrons. The van der Waals surface area contributed by atoms with Gasteiger partial charge < -0.3 is 0 Å². The summed E-state index contributed by atoms with van der Waals surface area (Å²) < 4.78 is 0. The predicted octanol–water partition coefficient (Wildman–Crippen LogP) is 5.83. The standard InChI is InChI=1S/C14H22.C3H8/c1-10(2)12-8-7-9-13(11(12)3)14(4,5)6;1-3-2/h7-10H,1-6H3;3H2,1-2H3. The van der Waals surface area contributed by atoms with Crippen LogP contribution in [0.5, 0.6) is 0 Å². The second-order valence-electron chi connectivity index (χ2n) is 6.13. The van der Waals surface area contributed by atoms with Crippen molar-refractivity contribution in [3.63, 3.8) is 0 Å². The molecule has 0 heterocycles. The summed E-state index contributed by atoms with van der Waals surface area (Å²) in [6.07, 6.45) is 1.25. The van der Waals surface area contributed by atoms with E-state index < -0.39 is 0 Å². The van der Waals surface area contributed by atoms with Crippen LogP contribution in [0.3, 0.4) is 0 Å². The molecular formula is C17H30. The van der Waals surface area contributed by atoms with Crippen molar-refractivity contribution < 1.29 is 0 Å². The van der Waals surface area contributed by atoms with Gasteiger partial charge in [0.1, 0.15) is 0 Å². The molecule has 0 aliphatic carbocycles. The highest BCUT2D eigenvalue weighted by Crippen LogP contribution is 2.30. The van der Waals surface area contributed by atoms with Crippen LogP contribution < -0.4 is 0 Å². The molecule has 0 bridgehead atoms. The lowest BCUT2D eigenvalue weighted by molar-refractivity contribution is 0.584. The first kappa shape index (κ1) is 16.2. The summed E-state index contributed by atoms with van der Waals surface area (Å²) >= 11 is 0. The second kappa shape index (κ2) is 6.83. The summed E-state index contributed by atoms with van der Waals surface area (Å²) in [4.78, 5) is 0. The van der Waals surface area contributed by atoms with Gasteiger partial charge in [0.15, 0.2) is 0 Å². The van der Waals surface area contributed by atoms with Gasteiger partial charge in [-0.3, -0.25) is 0 Å². The van der Waals surface area contributed by atoms with Crippen LogP contribution in [-0.2, 0) is 5.41 Å². The van der Waals surface area contributed by atoms with Gasteiger partial charge >= 0.3 is 0 Å². The average molecular weight is 234 g/mol. The molecule has 0 unspecified atom stereocenters. The fourth-order valence-electron chi connectivity index (χ4n) is 2.09. The van der Waals surface area contributed by atoms with Crippen molar-refractivity contribution >= 4 is 0 Å². The van der Waals surface area contributed by atoms with Crippen LogP contribution in [-0.4, -0.2) is 0 Å². The van der Waals surface area contributed by atoms with E-state index >= 15 is 0 Å². The Labute approximate surface area is 108 Å². The summed E-state index contributed by atoms with van der Waals surface area (Å²) in [7, 11) is 0. The Morgan fingerprint density at radius 1 is 1.06 bits per heavy atom. The van der Waals surface area contributed by atoms with Crippen LogP contribution >= 0.6 is 0 Å². The van der Waals surface area contributed by atoms with Crippen molar-refractivity contribution in [1.29, 1.82) is 0 Å². The van der Waals surface area contributed by atoms with E-state index in [0.717, 1.165) is 0 Å². The molecule has 0 spiro atoms. The van der Waals surface area contributed by atoms with E-state index in [4.69, 9.17) is 0 Å². The Hall–Kier alpha value is -0.780. The molecule has 0 amide bonds. The van der Waals surface area contributed by atoms with Crippen molar-refractivity contribution in [2.24, 2.45) is 0 Å². The highest BCUT2D eigenvalue weighted by atomic mass is 14.2. The molecule has 0 aromatic heterocycles. The number of hydrogen-bond acceptors (Lipinski definition) is 0. The highest BCUT2D eigenvalue weighted by molar-refractivity contribution is 5.39. The third-order valence-electron chi connectivity index (χ3n) is 2.81. The Morgan fingerprint density at radius 3 is 1.88 bits per heavy atom. The zero-order valence-electron chi connectivity index (χ0n) is 13.0. The largest absolute Gasteiger partial charge is 0.0656 e. The Kier molecular flexibility index (Phi) is 6.52. The summed E-state index contributed by atoms with van der Waals surface area (Å²) in [6.45, 7) is 17.8. The summed E-state index contributed by atoms with van der Waals surface area (Å²) in [6, 6.07) is 6.68. The van der Waals surface area contributed by atoms with E-state index in [2.05, 4.69) is 73.6 Å². The average Bonchev–Trinajstić information content (AvgIpc) is 2.16. The molecule has 17 heavy (non-hydrogen) atoms. The fraction of sp³-hybridized carbons (Fsp3) is 0.647. The Bertz CT molecular complexity index is 326. The Morgan fingerprint density at radius 2 is 1.53 bits per heavy atom. The van der Waals surface area contributed by atoms with E-state index in [-0.39, 0.29) is 5.41 Å². The minimum atomic E-state index is 0.259. The lowest BCUT2D eigenvalue weighted by atomic mass is 9.81. The van der Waals surface area contributed by atoms with Gasteiger partial charge in [0.2, 0.25) is 0 Å². The maximum atomic E-state index is 2.28. The lowest BCUT2D eigenvalue weighted by Crippen LogP contribution is -2.14. The van der Waals surface area contributed by atoms with Gasteiger partial charge in [0.05, 0.1) is 0 Å². The molecule has 0 fully saturated rings. The maximum Gasteiger partial charge on any atom is -0.0129 e. The monoisotopic (exact) mass is 234 g/mol. The first-order valence-electron chi connectivity index (χ1n) is 6.85. The van der Waals surface area contributed by atoms with Crippen molar-refractivity contribution in [1.82, 2.24) is 0 Å². The van der Waals surface area contributed by atoms with E-state index in [1.54, 1.807) is 0 Å². The molecule has 0 saturated carbocycles. The molecule has 0 nitrogen and oxygen atoms in total. The topological polar surface area (TPSA) is 0 Å². The van der Waals surface area contributed by atoms with Gasteiger partial charge in [-0.25, -0.2) is 0 Å². The van der Waals surface area contributed by atoms with Gasteiger partial charge in [-0.2, -0.15) is 0 Å². The molecule has 1 rings (SSSR count). The van der Waals surface area contributed by atoms with Gasteiger partial charge in [0, 0.05) is 0 Å². The molecule has 0 heteroatoms. The molecule has 0 saturated heterocycles. The fourth-order valence-corrected chi connectivity index (χ4v) is 2.09. The zero-order valence-corrected chi connectivity index (χ0v) is 13.0. The predicted molar refractivity (Wildman–Crippen MR) is 79.9 cm³/mol.